The van der Waals surface area contributed by atoms with Gasteiger partial charge in [-0.3, -0.25) is 0 Å². The number of anilines is 1. The van der Waals surface area contributed by atoms with Crippen molar-refractivity contribution >= 4 is 21.6 Å². The minimum Gasteiger partial charge on any atom is -0.394 e. The Labute approximate surface area is 135 Å². The first-order chi connectivity index (χ1) is 10.1. The lowest BCUT2D eigenvalue weighted by atomic mass is 10.1. The summed E-state index contributed by atoms with van der Waals surface area (Å²) < 4.78 is 6.62. The molecule has 118 valence electrons. The van der Waals surface area contributed by atoms with Crippen LogP contribution in [-0.4, -0.2) is 44.1 Å². The Bertz CT molecular complexity index is 454. The number of benzene rings is 1. The summed E-state index contributed by atoms with van der Waals surface area (Å²) in [6, 6.07) is 6.47. The number of halogens is 1. The van der Waals surface area contributed by atoms with E-state index >= 15 is 0 Å². The zero-order valence-corrected chi connectivity index (χ0v) is 14.4. The summed E-state index contributed by atoms with van der Waals surface area (Å²) in [6.45, 7) is 8.68. The van der Waals surface area contributed by atoms with E-state index in [1.54, 1.807) is 0 Å². The largest absolute Gasteiger partial charge is 0.394 e. The molecule has 0 radical (unpaired) electrons. The van der Waals surface area contributed by atoms with Crippen molar-refractivity contribution in [1.82, 2.24) is 5.32 Å². The molecule has 2 rings (SSSR count). The summed E-state index contributed by atoms with van der Waals surface area (Å²) in [7, 11) is 0. The molecule has 1 aliphatic heterocycles. The van der Waals surface area contributed by atoms with E-state index in [1.165, 1.54) is 11.3 Å². The van der Waals surface area contributed by atoms with E-state index in [0.29, 0.717) is 12.5 Å². The number of aliphatic hydroxyl groups excluding tert-OH is 1. The van der Waals surface area contributed by atoms with Crippen molar-refractivity contribution in [3.05, 3.63) is 28.2 Å². The van der Waals surface area contributed by atoms with Crippen LogP contribution in [-0.2, 0) is 11.3 Å². The molecule has 5 heteroatoms. The van der Waals surface area contributed by atoms with E-state index in [0.717, 1.165) is 30.7 Å². The van der Waals surface area contributed by atoms with Gasteiger partial charge in [0.1, 0.15) is 0 Å². The van der Waals surface area contributed by atoms with Gasteiger partial charge in [0.05, 0.1) is 19.3 Å². The van der Waals surface area contributed by atoms with Crippen LogP contribution in [0.25, 0.3) is 0 Å². The molecule has 1 aromatic carbocycles. The average molecular weight is 357 g/mol. The van der Waals surface area contributed by atoms with Crippen molar-refractivity contribution < 1.29 is 9.84 Å². The fourth-order valence-corrected chi connectivity index (χ4v) is 2.94. The minimum atomic E-state index is -0.0788. The predicted molar refractivity (Wildman–Crippen MR) is 89.7 cm³/mol. The molecule has 0 aromatic heterocycles. The molecule has 1 unspecified atom stereocenters. The van der Waals surface area contributed by atoms with Crippen LogP contribution in [0, 0.1) is 5.92 Å². The van der Waals surface area contributed by atoms with Crippen LogP contribution in [0.3, 0.4) is 0 Å². The van der Waals surface area contributed by atoms with Gasteiger partial charge in [-0.25, -0.2) is 0 Å². The van der Waals surface area contributed by atoms with Gasteiger partial charge < -0.3 is 20.1 Å². The zero-order valence-electron chi connectivity index (χ0n) is 12.8. The number of hydrogen-bond donors (Lipinski definition) is 2. The van der Waals surface area contributed by atoms with Crippen molar-refractivity contribution in [2.24, 2.45) is 5.92 Å². The van der Waals surface area contributed by atoms with Crippen LogP contribution in [0.1, 0.15) is 19.4 Å². The number of nitrogens with one attached hydrogen (secondary N) is 1. The van der Waals surface area contributed by atoms with Gasteiger partial charge in [-0.2, -0.15) is 0 Å². The molecule has 1 aliphatic rings. The summed E-state index contributed by atoms with van der Waals surface area (Å²) in [5.41, 5.74) is 2.45. The SMILES string of the molecule is CC(C)CNCc1ccc(N2CCOC(CO)C2)cc1Br. The summed E-state index contributed by atoms with van der Waals surface area (Å²) in [4.78, 5) is 2.26. The third-order valence-corrected chi connectivity index (χ3v) is 4.35. The number of rotatable bonds is 6. The van der Waals surface area contributed by atoms with E-state index in [-0.39, 0.29) is 12.7 Å². The van der Waals surface area contributed by atoms with E-state index in [9.17, 15) is 5.11 Å². The molecule has 0 amide bonds. The third-order valence-electron chi connectivity index (χ3n) is 3.61. The topological polar surface area (TPSA) is 44.7 Å². The van der Waals surface area contributed by atoms with Gasteiger partial charge in [0.2, 0.25) is 0 Å². The molecule has 0 aliphatic carbocycles. The van der Waals surface area contributed by atoms with E-state index in [1.807, 2.05) is 0 Å². The Morgan fingerprint density at radius 2 is 2.29 bits per heavy atom. The maximum absolute atomic E-state index is 9.23. The Morgan fingerprint density at radius 1 is 1.48 bits per heavy atom. The van der Waals surface area contributed by atoms with Crippen LogP contribution in [0.15, 0.2) is 22.7 Å². The van der Waals surface area contributed by atoms with Gasteiger partial charge in [0, 0.05) is 29.8 Å². The molecule has 1 heterocycles. The Hall–Kier alpha value is -0.620. The summed E-state index contributed by atoms with van der Waals surface area (Å²) in [5.74, 6) is 0.659. The Balaban J connectivity index is 1.97. The maximum atomic E-state index is 9.23. The number of morpholine rings is 1. The normalized spacial score (nSPS) is 19.3. The molecule has 21 heavy (non-hydrogen) atoms. The fraction of sp³-hybridized carbons (Fsp3) is 0.625. The van der Waals surface area contributed by atoms with Crippen LogP contribution in [0.5, 0.6) is 0 Å². The standard InChI is InChI=1S/C16H25BrN2O2/c1-12(2)8-18-9-13-3-4-14(7-16(13)17)19-5-6-21-15(10-19)11-20/h3-4,7,12,15,18,20H,5-6,8-11H2,1-2H3. The van der Waals surface area contributed by atoms with E-state index < -0.39 is 0 Å². The Kier molecular flexibility index (Phi) is 6.48. The molecule has 0 saturated carbocycles. The first kappa shape index (κ1) is 16.7. The number of hydrogen-bond acceptors (Lipinski definition) is 4. The highest BCUT2D eigenvalue weighted by molar-refractivity contribution is 9.10. The van der Waals surface area contributed by atoms with Crippen LogP contribution in [0.4, 0.5) is 5.69 Å². The molecule has 4 nitrogen and oxygen atoms in total. The van der Waals surface area contributed by atoms with Crippen LogP contribution in [0.2, 0.25) is 0 Å². The molecule has 1 saturated heterocycles. The van der Waals surface area contributed by atoms with Gasteiger partial charge in [-0.05, 0) is 30.2 Å². The first-order valence-electron chi connectivity index (χ1n) is 7.56. The number of nitrogens with zero attached hydrogens (tertiary/aromatic N) is 1. The first-order valence-corrected chi connectivity index (χ1v) is 8.36. The summed E-state index contributed by atoms with van der Waals surface area (Å²) in [5, 5.41) is 12.7. The second kappa shape index (κ2) is 8.13. The maximum Gasteiger partial charge on any atom is 0.0980 e. The lowest BCUT2D eigenvalue weighted by Crippen LogP contribution is -2.44. The lowest BCUT2D eigenvalue weighted by Gasteiger charge is -2.34. The second-order valence-electron chi connectivity index (χ2n) is 5.92. The predicted octanol–water partition coefficient (Wildman–Crippen LogP) is 2.39. The number of ether oxygens (including phenoxy) is 1. The summed E-state index contributed by atoms with van der Waals surface area (Å²) in [6.07, 6.45) is -0.0788. The fourth-order valence-electron chi connectivity index (χ4n) is 2.44. The molecule has 1 aromatic rings. The molecular weight excluding hydrogens is 332 g/mol. The number of aliphatic hydroxyl groups is 1. The minimum absolute atomic E-state index is 0.0782. The molecule has 0 bridgehead atoms. The summed E-state index contributed by atoms with van der Waals surface area (Å²) >= 11 is 3.67. The molecule has 1 fully saturated rings. The highest BCUT2D eigenvalue weighted by atomic mass is 79.9. The highest BCUT2D eigenvalue weighted by Crippen LogP contribution is 2.25. The molecule has 2 N–H and O–H groups in total. The van der Waals surface area contributed by atoms with Crippen molar-refractivity contribution in [2.75, 3.05) is 37.7 Å². The smallest absolute Gasteiger partial charge is 0.0980 e. The van der Waals surface area contributed by atoms with Crippen molar-refractivity contribution in [2.45, 2.75) is 26.5 Å². The zero-order chi connectivity index (χ0) is 15.2. The lowest BCUT2D eigenvalue weighted by molar-refractivity contribution is 0.00356. The van der Waals surface area contributed by atoms with Gasteiger partial charge in [0.15, 0.2) is 0 Å². The van der Waals surface area contributed by atoms with Crippen molar-refractivity contribution in [1.29, 1.82) is 0 Å². The Morgan fingerprint density at radius 3 is 2.95 bits per heavy atom. The van der Waals surface area contributed by atoms with Crippen molar-refractivity contribution in [3.63, 3.8) is 0 Å². The van der Waals surface area contributed by atoms with E-state index in [2.05, 4.69) is 58.2 Å². The quantitative estimate of drug-likeness (QED) is 0.821. The molecule has 1 atom stereocenters. The van der Waals surface area contributed by atoms with E-state index in [4.69, 9.17) is 4.74 Å². The highest BCUT2D eigenvalue weighted by Gasteiger charge is 2.20. The second-order valence-corrected chi connectivity index (χ2v) is 6.78. The van der Waals surface area contributed by atoms with Gasteiger partial charge in [0.25, 0.3) is 0 Å². The third kappa shape index (κ3) is 4.95. The van der Waals surface area contributed by atoms with Gasteiger partial charge in [-0.15, -0.1) is 0 Å². The van der Waals surface area contributed by atoms with Gasteiger partial charge >= 0.3 is 0 Å². The average Bonchev–Trinajstić information content (AvgIpc) is 2.48. The monoisotopic (exact) mass is 356 g/mol. The van der Waals surface area contributed by atoms with Crippen LogP contribution < -0.4 is 10.2 Å². The van der Waals surface area contributed by atoms with Gasteiger partial charge in [-0.1, -0.05) is 35.8 Å². The molecule has 0 spiro atoms. The van der Waals surface area contributed by atoms with Crippen molar-refractivity contribution in [3.8, 4) is 0 Å². The van der Waals surface area contributed by atoms with Crippen LogP contribution >= 0.6 is 15.9 Å². The molecular formula is C16H25BrN2O2.